The third-order valence-corrected chi connectivity index (χ3v) is 3.81. The first-order valence-corrected chi connectivity index (χ1v) is 6.92. The summed E-state index contributed by atoms with van der Waals surface area (Å²) in [4.78, 5) is 12.4. The molecule has 1 aliphatic rings. The van der Waals surface area contributed by atoms with Crippen molar-refractivity contribution < 1.29 is 9.31 Å². The standard InChI is InChI=1S/C14H20FN3O2/c1-17-6-3-11(4-7-17)2-5-16-13-8-12(15)9-14(10-13)18(19)20/h8-11,16H,2-7H2,1H3. The average molecular weight is 281 g/mol. The summed E-state index contributed by atoms with van der Waals surface area (Å²) in [5, 5.41) is 13.7. The zero-order valence-corrected chi connectivity index (χ0v) is 11.6. The predicted molar refractivity (Wildman–Crippen MR) is 76.4 cm³/mol. The van der Waals surface area contributed by atoms with Gasteiger partial charge in [-0.05, 0) is 51.4 Å². The zero-order chi connectivity index (χ0) is 14.5. The number of nitro benzene ring substituents is 1. The van der Waals surface area contributed by atoms with Gasteiger partial charge in [-0.2, -0.15) is 0 Å². The molecule has 1 aliphatic heterocycles. The number of anilines is 1. The molecule has 0 aromatic heterocycles. The lowest BCUT2D eigenvalue weighted by Crippen LogP contribution is -2.30. The number of rotatable bonds is 5. The van der Waals surface area contributed by atoms with Gasteiger partial charge in [0.05, 0.1) is 11.0 Å². The summed E-state index contributed by atoms with van der Waals surface area (Å²) in [6, 6.07) is 3.60. The van der Waals surface area contributed by atoms with E-state index in [2.05, 4.69) is 17.3 Å². The van der Waals surface area contributed by atoms with Gasteiger partial charge in [-0.25, -0.2) is 4.39 Å². The Bertz CT molecular complexity index is 473. The summed E-state index contributed by atoms with van der Waals surface area (Å²) in [6.07, 6.45) is 3.38. The summed E-state index contributed by atoms with van der Waals surface area (Å²) >= 11 is 0. The van der Waals surface area contributed by atoms with Gasteiger partial charge in [0.2, 0.25) is 0 Å². The molecule has 0 bridgehead atoms. The van der Waals surface area contributed by atoms with E-state index >= 15 is 0 Å². The van der Waals surface area contributed by atoms with E-state index in [1.165, 1.54) is 25.0 Å². The normalized spacial score (nSPS) is 17.1. The molecule has 2 rings (SSSR count). The highest BCUT2D eigenvalue weighted by molar-refractivity contribution is 5.51. The number of hydrogen-bond donors (Lipinski definition) is 1. The maximum absolute atomic E-state index is 13.3. The number of halogens is 1. The molecule has 0 atom stereocenters. The van der Waals surface area contributed by atoms with Gasteiger partial charge in [-0.15, -0.1) is 0 Å². The quantitative estimate of drug-likeness (QED) is 0.666. The van der Waals surface area contributed by atoms with Crippen molar-refractivity contribution >= 4 is 11.4 Å². The van der Waals surface area contributed by atoms with Crippen molar-refractivity contribution in [2.45, 2.75) is 19.3 Å². The van der Waals surface area contributed by atoms with Gasteiger partial charge in [0.25, 0.3) is 5.69 Å². The molecule has 0 saturated carbocycles. The van der Waals surface area contributed by atoms with Gasteiger partial charge in [-0.1, -0.05) is 0 Å². The van der Waals surface area contributed by atoms with Crippen molar-refractivity contribution in [3.63, 3.8) is 0 Å². The van der Waals surface area contributed by atoms with Crippen LogP contribution in [0.1, 0.15) is 19.3 Å². The monoisotopic (exact) mass is 281 g/mol. The first kappa shape index (κ1) is 14.7. The van der Waals surface area contributed by atoms with Crippen molar-refractivity contribution in [3.8, 4) is 0 Å². The van der Waals surface area contributed by atoms with Gasteiger partial charge in [0, 0.05) is 18.3 Å². The zero-order valence-electron chi connectivity index (χ0n) is 11.6. The van der Waals surface area contributed by atoms with Crippen LogP contribution in [0.2, 0.25) is 0 Å². The van der Waals surface area contributed by atoms with Crippen molar-refractivity contribution in [3.05, 3.63) is 34.1 Å². The van der Waals surface area contributed by atoms with Crippen LogP contribution >= 0.6 is 0 Å². The fraction of sp³-hybridized carbons (Fsp3) is 0.571. The van der Waals surface area contributed by atoms with Crippen LogP contribution in [-0.4, -0.2) is 36.5 Å². The van der Waals surface area contributed by atoms with E-state index in [1.54, 1.807) is 0 Å². The number of nitrogens with zero attached hydrogens (tertiary/aromatic N) is 2. The van der Waals surface area contributed by atoms with Crippen LogP contribution in [0.3, 0.4) is 0 Å². The van der Waals surface area contributed by atoms with E-state index in [0.29, 0.717) is 11.6 Å². The Hall–Kier alpha value is -1.69. The molecule has 5 nitrogen and oxygen atoms in total. The molecule has 110 valence electrons. The molecule has 1 N–H and O–H groups in total. The SMILES string of the molecule is CN1CCC(CCNc2cc(F)cc([N+](=O)[O-])c2)CC1. The highest BCUT2D eigenvalue weighted by Gasteiger charge is 2.16. The average Bonchev–Trinajstić information content (AvgIpc) is 2.40. The maximum Gasteiger partial charge on any atom is 0.274 e. The van der Waals surface area contributed by atoms with E-state index in [0.717, 1.165) is 32.1 Å². The van der Waals surface area contributed by atoms with Crippen LogP contribution in [0.5, 0.6) is 0 Å². The van der Waals surface area contributed by atoms with Crippen molar-refractivity contribution in [1.82, 2.24) is 4.90 Å². The fourth-order valence-corrected chi connectivity index (χ4v) is 2.55. The number of benzene rings is 1. The van der Waals surface area contributed by atoms with E-state index in [4.69, 9.17) is 0 Å². The number of non-ortho nitro benzene ring substituents is 1. The topological polar surface area (TPSA) is 58.4 Å². The van der Waals surface area contributed by atoms with Gasteiger partial charge in [-0.3, -0.25) is 10.1 Å². The van der Waals surface area contributed by atoms with E-state index in [-0.39, 0.29) is 5.69 Å². The Morgan fingerprint density at radius 3 is 2.75 bits per heavy atom. The Morgan fingerprint density at radius 1 is 1.40 bits per heavy atom. The second-order valence-electron chi connectivity index (χ2n) is 5.42. The molecule has 1 aromatic rings. The molecule has 20 heavy (non-hydrogen) atoms. The van der Waals surface area contributed by atoms with E-state index in [9.17, 15) is 14.5 Å². The number of hydrogen-bond acceptors (Lipinski definition) is 4. The van der Waals surface area contributed by atoms with Crippen molar-refractivity contribution in [2.24, 2.45) is 5.92 Å². The highest BCUT2D eigenvalue weighted by Crippen LogP contribution is 2.22. The van der Waals surface area contributed by atoms with E-state index in [1.807, 2.05) is 0 Å². The molecule has 0 aliphatic carbocycles. The van der Waals surface area contributed by atoms with Gasteiger partial charge < -0.3 is 10.2 Å². The van der Waals surface area contributed by atoms with Gasteiger partial charge >= 0.3 is 0 Å². The van der Waals surface area contributed by atoms with Crippen LogP contribution in [-0.2, 0) is 0 Å². The molecule has 0 unspecified atom stereocenters. The predicted octanol–water partition coefficient (Wildman–Crippen LogP) is 2.88. The highest BCUT2D eigenvalue weighted by atomic mass is 19.1. The van der Waals surface area contributed by atoms with Gasteiger partial charge in [0.1, 0.15) is 5.82 Å². The van der Waals surface area contributed by atoms with Crippen LogP contribution in [0.4, 0.5) is 15.8 Å². The molecule has 1 aromatic carbocycles. The number of nitro groups is 1. The minimum atomic E-state index is -0.582. The second-order valence-corrected chi connectivity index (χ2v) is 5.42. The van der Waals surface area contributed by atoms with Crippen LogP contribution < -0.4 is 5.32 Å². The fourth-order valence-electron chi connectivity index (χ4n) is 2.55. The molecule has 1 heterocycles. The maximum atomic E-state index is 13.3. The molecular weight excluding hydrogens is 261 g/mol. The third kappa shape index (κ3) is 4.16. The molecule has 0 amide bonds. The Balaban J connectivity index is 1.83. The molecule has 1 saturated heterocycles. The smallest absolute Gasteiger partial charge is 0.274 e. The summed E-state index contributed by atoms with van der Waals surface area (Å²) in [6.45, 7) is 2.96. The summed E-state index contributed by atoms with van der Waals surface area (Å²) in [5.41, 5.74) is 0.261. The number of likely N-dealkylation sites (tertiary alicyclic amines) is 1. The minimum Gasteiger partial charge on any atom is -0.385 e. The van der Waals surface area contributed by atoms with Gasteiger partial charge in [0.15, 0.2) is 0 Å². The Morgan fingerprint density at radius 2 is 2.10 bits per heavy atom. The molecular formula is C14H20FN3O2. The first-order valence-electron chi connectivity index (χ1n) is 6.92. The Kier molecular flexibility index (Phi) is 4.89. The third-order valence-electron chi connectivity index (χ3n) is 3.81. The molecule has 1 fully saturated rings. The summed E-state index contributed by atoms with van der Waals surface area (Å²) in [7, 11) is 2.13. The number of piperidine rings is 1. The minimum absolute atomic E-state index is 0.216. The second kappa shape index (κ2) is 6.65. The Labute approximate surface area is 117 Å². The molecule has 6 heteroatoms. The molecule has 0 spiro atoms. The largest absolute Gasteiger partial charge is 0.385 e. The lowest BCUT2D eigenvalue weighted by Gasteiger charge is -2.28. The lowest BCUT2D eigenvalue weighted by atomic mass is 9.94. The van der Waals surface area contributed by atoms with Crippen molar-refractivity contribution in [2.75, 3.05) is 32.0 Å². The lowest BCUT2D eigenvalue weighted by molar-refractivity contribution is -0.385. The first-order chi connectivity index (χ1) is 9.54. The van der Waals surface area contributed by atoms with Crippen molar-refractivity contribution in [1.29, 1.82) is 0 Å². The summed E-state index contributed by atoms with van der Waals surface area (Å²) in [5.74, 6) is 0.100. The van der Waals surface area contributed by atoms with Crippen LogP contribution in [0.15, 0.2) is 18.2 Å². The van der Waals surface area contributed by atoms with Crippen LogP contribution in [0.25, 0.3) is 0 Å². The summed E-state index contributed by atoms with van der Waals surface area (Å²) < 4.78 is 13.3. The van der Waals surface area contributed by atoms with Crippen LogP contribution in [0, 0.1) is 21.8 Å². The van der Waals surface area contributed by atoms with E-state index < -0.39 is 10.7 Å². The molecule has 0 radical (unpaired) electrons. The number of nitrogens with one attached hydrogen (secondary N) is 1.